The van der Waals surface area contributed by atoms with E-state index in [9.17, 15) is 13.6 Å². The van der Waals surface area contributed by atoms with Crippen molar-refractivity contribution in [3.05, 3.63) is 59.4 Å². The molecule has 1 atom stereocenters. The predicted molar refractivity (Wildman–Crippen MR) is 82.7 cm³/mol. The molecule has 0 saturated heterocycles. The van der Waals surface area contributed by atoms with Crippen molar-refractivity contribution in [3.63, 3.8) is 0 Å². The first-order chi connectivity index (χ1) is 11.4. The number of aromatic nitrogens is 1. The van der Waals surface area contributed by atoms with Crippen molar-refractivity contribution in [2.75, 3.05) is 21.3 Å². The van der Waals surface area contributed by atoms with Crippen LogP contribution >= 0.6 is 0 Å². The molecule has 0 unspecified atom stereocenters. The van der Waals surface area contributed by atoms with Gasteiger partial charge in [0, 0.05) is 27.5 Å². The average molecular weight is 339 g/mol. The maximum Gasteiger partial charge on any atom is 0.352 e. The highest BCUT2D eigenvalue weighted by Crippen LogP contribution is 2.28. The second-order valence-corrected chi connectivity index (χ2v) is 5.13. The van der Waals surface area contributed by atoms with Gasteiger partial charge in [-0.1, -0.05) is 30.3 Å². The first-order valence-electron chi connectivity index (χ1n) is 7.22. The number of Topliss-reactive ketones (excluding diaryl/α,β-unsaturated/α-hetero) is 1. The molecule has 0 bridgehead atoms. The molecule has 0 spiro atoms. The maximum atomic E-state index is 14.3. The second-order valence-electron chi connectivity index (χ2n) is 5.13. The largest absolute Gasteiger partial charge is 0.352 e. The van der Waals surface area contributed by atoms with Crippen LogP contribution < -0.4 is 0 Å². The SMILES string of the molecule is COC(OC)(OC)C(=O)c1c(F)c(F)cn1[C@H](C)c1ccccc1. The standard InChI is InChI=1S/C17H19F2NO4/c1-11(12-8-6-5-7-9-12)20-10-13(18)14(19)15(20)16(21)17(22-2,23-3)24-4/h5-11H,1-4H3/t11-/m1/s1. The minimum absolute atomic E-state index is 0.493. The molecule has 7 heteroatoms. The second kappa shape index (κ2) is 7.21. The number of hydrogen-bond donors (Lipinski definition) is 0. The number of rotatable bonds is 7. The molecule has 0 aliphatic carbocycles. The molecule has 0 amide bonds. The number of ketones is 1. The Balaban J connectivity index is 2.57. The number of hydrogen-bond acceptors (Lipinski definition) is 4. The van der Waals surface area contributed by atoms with Crippen molar-refractivity contribution in [2.24, 2.45) is 0 Å². The Hall–Kier alpha value is -2.09. The molecule has 0 saturated carbocycles. The van der Waals surface area contributed by atoms with Crippen LogP contribution in [0.2, 0.25) is 0 Å². The zero-order valence-electron chi connectivity index (χ0n) is 13.9. The number of methoxy groups -OCH3 is 3. The van der Waals surface area contributed by atoms with Crippen LogP contribution in [0.15, 0.2) is 36.5 Å². The van der Waals surface area contributed by atoms with Crippen LogP contribution in [0, 0.1) is 11.6 Å². The topological polar surface area (TPSA) is 49.7 Å². The fourth-order valence-corrected chi connectivity index (χ4v) is 2.56. The quantitative estimate of drug-likeness (QED) is 0.574. The molecular weight excluding hydrogens is 320 g/mol. The zero-order valence-corrected chi connectivity index (χ0v) is 13.9. The lowest BCUT2D eigenvalue weighted by atomic mass is 10.1. The molecule has 24 heavy (non-hydrogen) atoms. The fourth-order valence-electron chi connectivity index (χ4n) is 2.56. The average Bonchev–Trinajstić information content (AvgIpc) is 2.92. The number of nitrogens with zero attached hydrogens (tertiary/aromatic N) is 1. The van der Waals surface area contributed by atoms with Gasteiger partial charge in [0.1, 0.15) is 5.69 Å². The Morgan fingerprint density at radius 1 is 1.08 bits per heavy atom. The highest BCUT2D eigenvalue weighted by Gasteiger charge is 2.44. The molecule has 2 aromatic rings. The van der Waals surface area contributed by atoms with Crippen molar-refractivity contribution in [1.29, 1.82) is 0 Å². The van der Waals surface area contributed by atoms with Gasteiger partial charge in [0.25, 0.3) is 5.78 Å². The summed E-state index contributed by atoms with van der Waals surface area (Å²) in [4.78, 5) is 12.7. The van der Waals surface area contributed by atoms with E-state index in [1.54, 1.807) is 31.2 Å². The van der Waals surface area contributed by atoms with E-state index < -0.39 is 35.1 Å². The molecule has 5 nitrogen and oxygen atoms in total. The van der Waals surface area contributed by atoms with Gasteiger partial charge >= 0.3 is 5.97 Å². The number of carbonyl (C=O) groups is 1. The van der Waals surface area contributed by atoms with Crippen LogP contribution in [-0.4, -0.2) is 37.7 Å². The number of ether oxygens (including phenoxy) is 3. The summed E-state index contributed by atoms with van der Waals surface area (Å²) < 4.78 is 44.3. The van der Waals surface area contributed by atoms with E-state index >= 15 is 0 Å². The normalized spacial score (nSPS) is 13.1. The lowest BCUT2D eigenvalue weighted by Crippen LogP contribution is -2.46. The first kappa shape index (κ1) is 18.3. The van der Waals surface area contributed by atoms with Gasteiger partial charge in [-0.05, 0) is 12.5 Å². The minimum Gasteiger partial charge on any atom is -0.332 e. The third-order valence-corrected chi connectivity index (χ3v) is 3.93. The van der Waals surface area contributed by atoms with Gasteiger partial charge in [-0.2, -0.15) is 0 Å². The van der Waals surface area contributed by atoms with Gasteiger partial charge in [-0.25, -0.2) is 8.78 Å². The van der Waals surface area contributed by atoms with E-state index in [1.165, 1.54) is 25.9 Å². The Kier molecular flexibility index (Phi) is 5.48. The van der Waals surface area contributed by atoms with Gasteiger partial charge in [-0.3, -0.25) is 4.79 Å². The van der Waals surface area contributed by atoms with Gasteiger partial charge in [0.05, 0.1) is 6.04 Å². The number of halogens is 2. The zero-order chi connectivity index (χ0) is 17.9. The molecule has 130 valence electrons. The molecule has 0 radical (unpaired) electrons. The lowest BCUT2D eigenvalue weighted by Gasteiger charge is -2.28. The molecular formula is C17H19F2NO4. The van der Waals surface area contributed by atoms with Crippen LogP contribution in [0.25, 0.3) is 0 Å². The van der Waals surface area contributed by atoms with Crippen LogP contribution in [0.4, 0.5) is 8.78 Å². The summed E-state index contributed by atoms with van der Waals surface area (Å²) in [7, 11) is 3.52. The maximum absolute atomic E-state index is 14.3. The summed E-state index contributed by atoms with van der Waals surface area (Å²) >= 11 is 0. The summed E-state index contributed by atoms with van der Waals surface area (Å²) in [5, 5.41) is 0. The predicted octanol–water partition coefficient (Wildman–Crippen LogP) is 3.15. The minimum atomic E-state index is -2.15. The van der Waals surface area contributed by atoms with Crippen molar-refractivity contribution in [1.82, 2.24) is 4.57 Å². The van der Waals surface area contributed by atoms with Crippen LogP contribution in [0.3, 0.4) is 0 Å². The van der Waals surface area contributed by atoms with Crippen LogP contribution in [0.1, 0.15) is 29.0 Å². The summed E-state index contributed by atoms with van der Waals surface area (Å²) in [5.74, 6) is -5.55. The van der Waals surface area contributed by atoms with Crippen molar-refractivity contribution in [3.8, 4) is 0 Å². The fraction of sp³-hybridized carbons (Fsp3) is 0.353. The molecule has 0 aliphatic rings. The van der Waals surface area contributed by atoms with Crippen molar-refractivity contribution in [2.45, 2.75) is 18.9 Å². The third kappa shape index (κ3) is 2.98. The van der Waals surface area contributed by atoms with E-state index in [2.05, 4.69) is 0 Å². The highest BCUT2D eigenvalue weighted by molar-refractivity contribution is 5.99. The van der Waals surface area contributed by atoms with Gasteiger partial charge < -0.3 is 18.8 Å². The third-order valence-electron chi connectivity index (χ3n) is 3.93. The van der Waals surface area contributed by atoms with E-state index in [1.807, 2.05) is 6.07 Å². The summed E-state index contributed by atoms with van der Waals surface area (Å²) in [6.07, 6.45) is 0.936. The van der Waals surface area contributed by atoms with Crippen LogP contribution in [-0.2, 0) is 14.2 Å². The van der Waals surface area contributed by atoms with Gasteiger partial charge in [-0.15, -0.1) is 0 Å². The molecule has 0 fully saturated rings. The van der Waals surface area contributed by atoms with Crippen molar-refractivity contribution < 1.29 is 27.8 Å². The molecule has 0 aliphatic heterocycles. The van der Waals surface area contributed by atoms with E-state index in [0.717, 1.165) is 11.8 Å². The molecule has 1 heterocycles. The van der Waals surface area contributed by atoms with E-state index in [0.29, 0.717) is 0 Å². The van der Waals surface area contributed by atoms with Crippen molar-refractivity contribution >= 4 is 5.78 Å². The Morgan fingerprint density at radius 3 is 2.12 bits per heavy atom. The highest BCUT2D eigenvalue weighted by atomic mass is 19.2. The smallest absolute Gasteiger partial charge is 0.332 e. The molecule has 0 N–H and O–H groups in total. The Morgan fingerprint density at radius 2 is 1.62 bits per heavy atom. The Labute approximate surface area is 138 Å². The van der Waals surface area contributed by atoms with E-state index in [-0.39, 0.29) is 0 Å². The number of benzene rings is 1. The first-order valence-corrected chi connectivity index (χ1v) is 7.22. The van der Waals surface area contributed by atoms with Crippen LogP contribution in [0.5, 0.6) is 0 Å². The number of carbonyl (C=O) groups excluding carboxylic acids is 1. The van der Waals surface area contributed by atoms with E-state index in [4.69, 9.17) is 14.2 Å². The summed E-state index contributed by atoms with van der Waals surface area (Å²) in [5.41, 5.74) is 0.258. The van der Waals surface area contributed by atoms with Gasteiger partial charge in [0.15, 0.2) is 11.6 Å². The Bertz CT molecular complexity index is 703. The summed E-state index contributed by atoms with van der Waals surface area (Å²) in [6, 6.07) is 8.52. The molecule has 2 rings (SSSR count). The van der Waals surface area contributed by atoms with Gasteiger partial charge in [0.2, 0.25) is 0 Å². The molecule has 1 aromatic heterocycles. The summed E-state index contributed by atoms with van der Waals surface area (Å²) in [6.45, 7) is 1.72. The lowest BCUT2D eigenvalue weighted by molar-refractivity contribution is -0.312. The monoisotopic (exact) mass is 339 g/mol. The molecule has 1 aromatic carbocycles.